The van der Waals surface area contributed by atoms with E-state index in [1.54, 1.807) is 0 Å². The van der Waals surface area contributed by atoms with Crippen LogP contribution in [0.1, 0.15) is 37.8 Å². The minimum atomic E-state index is -0.0668. The van der Waals surface area contributed by atoms with E-state index in [1.807, 2.05) is 18.2 Å². The largest absolute Gasteiger partial charge is 0.352 e. The van der Waals surface area contributed by atoms with E-state index in [1.165, 1.54) is 5.56 Å². The fraction of sp³-hybridized carbons (Fsp3) is 0.467. The molecule has 3 heteroatoms. The first kappa shape index (κ1) is 14.2. The highest BCUT2D eigenvalue weighted by atomic mass is 16.1. The van der Waals surface area contributed by atoms with Crippen LogP contribution in [0.3, 0.4) is 0 Å². The Kier molecular flexibility index (Phi) is 5.93. The molecule has 0 atom stereocenters. The second-order valence-electron chi connectivity index (χ2n) is 4.85. The minimum Gasteiger partial charge on any atom is -0.352 e. The van der Waals surface area contributed by atoms with Gasteiger partial charge in [0.25, 0.3) is 0 Å². The maximum absolute atomic E-state index is 11.3. The third kappa shape index (κ3) is 5.49. The summed E-state index contributed by atoms with van der Waals surface area (Å²) >= 11 is 0. The van der Waals surface area contributed by atoms with Crippen molar-refractivity contribution >= 4 is 5.91 Å². The standard InChI is InChI=1S/C15H20N2O/c1-12(2)10-13-5-7-14(8-6-13)11-17-15(18)4-3-9-16/h5-8,12H,3-4,10-11H2,1-2H3,(H,17,18). The van der Waals surface area contributed by atoms with Gasteiger partial charge in [-0.1, -0.05) is 38.1 Å². The van der Waals surface area contributed by atoms with E-state index >= 15 is 0 Å². The van der Waals surface area contributed by atoms with Gasteiger partial charge in [-0.3, -0.25) is 4.79 Å². The van der Waals surface area contributed by atoms with E-state index in [0.717, 1.165) is 12.0 Å². The molecule has 3 nitrogen and oxygen atoms in total. The molecule has 0 aliphatic carbocycles. The molecule has 0 aliphatic rings. The van der Waals surface area contributed by atoms with E-state index in [2.05, 4.69) is 31.3 Å². The van der Waals surface area contributed by atoms with Crippen molar-refractivity contribution in [3.05, 3.63) is 35.4 Å². The zero-order valence-corrected chi connectivity index (χ0v) is 11.1. The molecule has 1 aromatic carbocycles. The summed E-state index contributed by atoms with van der Waals surface area (Å²) in [5.74, 6) is 0.587. The summed E-state index contributed by atoms with van der Waals surface area (Å²) < 4.78 is 0. The van der Waals surface area contributed by atoms with Gasteiger partial charge in [-0.05, 0) is 23.5 Å². The van der Waals surface area contributed by atoms with Crippen LogP contribution in [0.2, 0.25) is 0 Å². The average molecular weight is 244 g/mol. The first-order chi connectivity index (χ1) is 8.61. The van der Waals surface area contributed by atoms with Gasteiger partial charge >= 0.3 is 0 Å². The van der Waals surface area contributed by atoms with Crippen molar-refractivity contribution in [2.24, 2.45) is 5.92 Å². The molecule has 1 rings (SSSR count). The third-order valence-electron chi connectivity index (χ3n) is 2.62. The number of hydrogen-bond donors (Lipinski definition) is 1. The monoisotopic (exact) mass is 244 g/mol. The van der Waals surface area contributed by atoms with Crippen LogP contribution < -0.4 is 5.32 Å². The topological polar surface area (TPSA) is 52.9 Å². The molecule has 96 valence electrons. The highest BCUT2D eigenvalue weighted by molar-refractivity contribution is 5.76. The van der Waals surface area contributed by atoms with Gasteiger partial charge in [0.2, 0.25) is 5.91 Å². The Balaban J connectivity index is 2.39. The number of benzene rings is 1. The molecule has 1 N–H and O–H groups in total. The van der Waals surface area contributed by atoms with Gasteiger partial charge in [-0.25, -0.2) is 0 Å². The van der Waals surface area contributed by atoms with Crippen molar-refractivity contribution in [2.45, 2.75) is 39.7 Å². The molecule has 0 aromatic heterocycles. The van der Waals surface area contributed by atoms with Gasteiger partial charge in [0.1, 0.15) is 0 Å². The van der Waals surface area contributed by atoms with Crippen LogP contribution in [-0.2, 0) is 17.8 Å². The normalized spacial score (nSPS) is 10.1. The molecule has 0 fully saturated rings. The predicted molar refractivity (Wildman–Crippen MR) is 71.7 cm³/mol. The molecular weight excluding hydrogens is 224 g/mol. The lowest BCUT2D eigenvalue weighted by Gasteiger charge is -2.07. The van der Waals surface area contributed by atoms with Crippen LogP contribution >= 0.6 is 0 Å². The van der Waals surface area contributed by atoms with E-state index in [-0.39, 0.29) is 18.7 Å². The highest BCUT2D eigenvalue weighted by Crippen LogP contribution is 2.09. The highest BCUT2D eigenvalue weighted by Gasteiger charge is 2.01. The van der Waals surface area contributed by atoms with Crippen molar-refractivity contribution in [1.82, 2.24) is 5.32 Å². The van der Waals surface area contributed by atoms with E-state index < -0.39 is 0 Å². The fourth-order valence-electron chi connectivity index (χ4n) is 1.72. The predicted octanol–water partition coefficient (Wildman–Crippen LogP) is 2.81. The van der Waals surface area contributed by atoms with Crippen LogP contribution in [-0.4, -0.2) is 5.91 Å². The summed E-state index contributed by atoms with van der Waals surface area (Å²) in [6.07, 6.45) is 1.63. The Labute approximate surface area is 109 Å². The van der Waals surface area contributed by atoms with E-state index in [9.17, 15) is 4.79 Å². The van der Waals surface area contributed by atoms with Crippen LogP contribution in [0.15, 0.2) is 24.3 Å². The Morgan fingerprint density at radius 2 is 1.89 bits per heavy atom. The smallest absolute Gasteiger partial charge is 0.221 e. The van der Waals surface area contributed by atoms with Gasteiger partial charge in [0, 0.05) is 19.4 Å². The Morgan fingerprint density at radius 3 is 2.44 bits per heavy atom. The van der Waals surface area contributed by atoms with Crippen LogP contribution in [0.4, 0.5) is 0 Å². The number of nitriles is 1. The number of amides is 1. The molecule has 0 heterocycles. The average Bonchev–Trinajstić information content (AvgIpc) is 2.35. The minimum absolute atomic E-state index is 0.0668. The summed E-state index contributed by atoms with van der Waals surface area (Å²) in [4.78, 5) is 11.3. The number of hydrogen-bond acceptors (Lipinski definition) is 2. The Hall–Kier alpha value is -1.82. The molecule has 0 radical (unpaired) electrons. The van der Waals surface area contributed by atoms with Gasteiger partial charge < -0.3 is 5.32 Å². The molecule has 0 aliphatic heterocycles. The Morgan fingerprint density at radius 1 is 1.28 bits per heavy atom. The molecule has 1 aromatic rings. The second-order valence-corrected chi connectivity index (χ2v) is 4.85. The lowest BCUT2D eigenvalue weighted by molar-refractivity contribution is -0.121. The molecule has 0 unspecified atom stereocenters. The van der Waals surface area contributed by atoms with Gasteiger partial charge in [0.15, 0.2) is 0 Å². The fourth-order valence-corrected chi connectivity index (χ4v) is 1.72. The molecule has 0 saturated heterocycles. The number of nitrogens with zero attached hydrogens (tertiary/aromatic N) is 1. The molecule has 0 bridgehead atoms. The summed E-state index contributed by atoms with van der Waals surface area (Å²) in [7, 11) is 0. The quantitative estimate of drug-likeness (QED) is 0.836. The zero-order valence-electron chi connectivity index (χ0n) is 11.1. The lowest BCUT2D eigenvalue weighted by Crippen LogP contribution is -2.22. The van der Waals surface area contributed by atoms with Crippen LogP contribution in [0.5, 0.6) is 0 Å². The summed E-state index contributed by atoms with van der Waals surface area (Å²) in [5.41, 5.74) is 2.41. The number of rotatable bonds is 6. The van der Waals surface area contributed by atoms with Gasteiger partial charge in [-0.2, -0.15) is 5.26 Å². The molecule has 0 spiro atoms. The zero-order chi connectivity index (χ0) is 13.4. The number of nitrogens with one attached hydrogen (secondary N) is 1. The summed E-state index contributed by atoms with van der Waals surface area (Å²) in [6.45, 7) is 4.93. The van der Waals surface area contributed by atoms with Crippen molar-refractivity contribution < 1.29 is 4.79 Å². The van der Waals surface area contributed by atoms with E-state index in [0.29, 0.717) is 12.5 Å². The third-order valence-corrected chi connectivity index (χ3v) is 2.62. The summed E-state index contributed by atoms with van der Waals surface area (Å²) in [6, 6.07) is 10.3. The van der Waals surface area contributed by atoms with Crippen molar-refractivity contribution in [1.29, 1.82) is 5.26 Å². The molecule has 1 amide bonds. The van der Waals surface area contributed by atoms with Crippen molar-refractivity contribution in [3.8, 4) is 6.07 Å². The first-order valence-electron chi connectivity index (χ1n) is 6.33. The maximum atomic E-state index is 11.3. The molecule has 0 saturated carbocycles. The van der Waals surface area contributed by atoms with Crippen LogP contribution in [0, 0.1) is 17.2 Å². The number of carbonyl (C=O) groups is 1. The second kappa shape index (κ2) is 7.50. The summed E-state index contributed by atoms with van der Waals surface area (Å²) in [5, 5.41) is 11.2. The van der Waals surface area contributed by atoms with Crippen molar-refractivity contribution in [3.63, 3.8) is 0 Å². The maximum Gasteiger partial charge on any atom is 0.221 e. The number of carbonyl (C=O) groups excluding carboxylic acids is 1. The van der Waals surface area contributed by atoms with Gasteiger partial charge in [-0.15, -0.1) is 0 Å². The van der Waals surface area contributed by atoms with E-state index in [4.69, 9.17) is 5.26 Å². The van der Waals surface area contributed by atoms with Gasteiger partial charge in [0.05, 0.1) is 6.07 Å². The molecule has 18 heavy (non-hydrogen) atoms. The lowest BCUT2D eigenvalue weighted by atomic mass is 10.0. The Bertz CT molecular complexity index is 415. The van der Waals surface area contributed by atoms with Crippen LogP contribution in [0.25, 0.3) is 0 Å². The molecular formula is C15H20N2O. The first-order valence-corrected chi connectivity index (χ1v) is 6.33. The SMILES string of the molecule is CC(C)Cc1ccc(CNC(=O)CCC#N)cc1. The van der Waals surface area contributed by atoms with Crippen molar-refractivity contribution in [2.75, 3.05) is 0 Å².